The van der Waals surface area contributed by atoms with Gasteiger partial charge >= 0.3 is 0 Å². The van der Waals surface area contributed by atoms with Gasteiger partial charge in [-0.1, -0.05) is 6.07 Å². The van der Waals surface area contributed by atoms with E-state index in [2.05, 4.69) is 65.8 Å². The van der Waals surface area contributed by atoms with Crippen LogP contribution in [0.5, 0.6) is 0 Å². The van der Waals surface area contributed by atoms with E-state index in [1.165, 1.54) is 29.1 Å². The number of aromatic nitrogens is 1. The van der Waals surface area contributed by atoms with Gasteiger partial charge in [-0.15, -0.1) is 46.7 Å². The van der Waals surface area contributed by atoms with E-state index in [1.54, 1.807) is 11.3 Å². The molecule has 0 bridgehead atoms. The number of rotatable bonds is 6. The average Bonchev–Trinajstić information content (AvgIpc) is 3.28. The molecule has 1 saturated heterocycles. The number of aliphatic imine (C=N–C) groups is 1. The van der Waals surface area contributed by atoms with E-state index in [4.69, 9.17) is 4.99 Å². The van der Waals surface area contributed by atoms with Gasteiger partial charge in [0.15, 0.2) is 5.96 Å². The fourth-order valence-electron chi connectivity index (χ4n) is 3.71. The number of hydrogen-bond donors (Lipinski definition) is 2. The van der Waals surface area contributed by atoms with Crippen molar-refractivity contribution in [2.75, 3.05) is 26.7 Å². The van der Waals surface area contributed by atoms with E-state index < -0.39 is 0 Å². The summed E-state index contributed by atoms with van der Waals surface area (Å²) >= 11 is 3.61. The van der Waals surface area contributed by atoms with Crippen molar-refractivity contribution in [2.24, 2.45) is 10.9 Å². The number of aryl methyl sites for hydroxylation is 2. The molecule has 8 heteroatoms. The van der Waals surface area contributed by atoms with Crippen LogP contribution in [0.15, 0.2) is 22.5 Å². The maximum atomic E-state index is 4.76. The summed E-state index contributed by atoms with van der Waals surface area (Å²) in [5.74, 6) is 1.48. The topological polar surface area (TPSA) is 52.6 Å². The highest BCUT2D eigenvalue weighted by atomic mass is 127. The fourth-order valence-corrected chi connectivity index (χ4v) is 5.55. The minimum atomic E-state index is 0. The zero-order chi connectivity index (χ0) is 19.2. The summed E-state index contributed by atoms with van der Waals surface area (Å²) < 4.78 is 0. The number of halogens is 1. The number of thiazole rings is 1. The van der Waals surface area contributed by atoms with Gasteiger partial charge in [0.25, 0.3) is 0 Å². The van der Waals surface area contributed by atoms with Gasteiger partial charge < -0.3 is 10.6 Å². The first-order valence-electron chi connectivity index (χ1n) is 9.77. The minimum Gasteiger partial charge on any atom is -0.357 e. The van der Waals surface area contributed by atoms with Crippen molar-refractivity contribution in [2.45, 2.75) is 46.2 Å². The Bertz CT molecular complexity index is 724. The third kappa shape index (κ3) is 6.14. The van der Waals surface area contributed by atoms with Crippen molar-refractivity contribution < 1.29 is 0 Å². The molecule has 0 aliphatic carbocycles. The predicted octanol–water partition coefficient (Wildman–Crippen LogP) is 4.58. The third-order valence-corrected chi connectivity index (χ3v) is 7.16. The van der Waals surface area contributed by atoms with Crippen LogP contribution < -0.4 is 10.6 Å². The molecule has 0 aromatic carbocycles. The van der Waals surface area contributed by atoms with Crippen LogP contribution in [0.25, 0.3) is 0 Å². The molecule has 2 unspecified atom stereocenters. The summed E-state index contributed by atoms with van der Waals surface area (Å²) in [6.45, 7) is 9.90. The van der Waals surface area contributed by atoms with E-state index in [0.29, 0.717) is 18.5 Å². The van der Waals surface area contributed by atoms with Crippen LogP contribution in [0, 0.1) is 19.8 Å². The Balaban J connectivity index is 0.00000280. The number of nitrogens with zero attached hydrogens (tertiary/aromatic N) is 3. The Kier molecular flexibility index (Phi) is 9.65. The van der Waals surface area contributed by atoms with Crippen LogP contribution >= 0.6 is 46.7 Å². The number of guanidine groups is 1. The van der Waals surface area contributed by atoms with Crippen LogP contribution in [0.4, 0.5) is 0 Å². The highest BCUT2D eigenvalue weighted by Gasteiger charge is 2.31. The van der Waals surface area contributed by atoms with Crippen molar-refractivity contribution >= 4 is 52.6 Å². The lowest BCUT2D eigenvalue weighted by Crippen LogP contribution is -2.44. The van der Waals surface area contributed by atoms with E-state index in [1.807, 2.05) is 11.3 Å². The van der Waals surface area contributed by atoms with Crippen molar-refractivity contribution in [1.29, 1.82) is 0 Å². The van der Waals surface area contributed by atoms with Gasteiger partial charge in [-0.2, -0.15) is 0 Å². The van der Waals surface area contributed by atoms with Gasteiger partial charge in [0.2, 0.25) is 0 Å². The second-order valence-corrected chi connectivity index (χ2v) is 9.44. The van der Waals surface area contributed by atoms with Crippen molar-refractivity contribution in [3.05, 3.63) is 38.0 Å². The monoisotopic (exact) mass is 533 g/mol. The Morgan fingerprint density at radius 2 is 2.18 bits per heavy atom. The van der Waals surface area contributed by atoms with Gasteiger partial charge in [-0.3, -0.25) is 4.90 Å². The lowest BCUT2D eigenvalue weighted by atomic mass is 9.88. The van der Waals surface area contributed by atoms with Crippen molar-refractivity contribution in [3.8, 4) is 0 Å². The second kappa shape index (κ2) is 11.5. The molecule has 0 radical (unpaired) electrons. The van der Waals surface area contributed by atoms with Gasteiger partial charge in [-0.05, 0) is 64.6 Å². The summed E-state index contributed by atoms with van der Waals surface area (Å²) in [6, 6.07) is 4.94. The number of nitrogens with one attached hydrogen (secondary N) is 2. The molecule has 1 fully saturated rings. The Hall–Kier alpha value is -0.710. The Labute approximate surface area is 194 Å². The van der Waals surface area contributed by atoms with Crippen LogP contribution in [-0.2, 0) is 6.54 Å². The van der Waals surface area contributed by atoms with E-state index in [9.17, 15) is 0 Å². The third-order valence-electron chi connectivity index (χ3n) is 5.16. The highest BCUT2D eigenvalue weighted by molar-refractivity contribution is 14.0. The SMILES string of the molecule is CCNC(=NCc1nc(C)c(C)s1)NCC1CCCN(C)C1c1cccs1.I. The van der Waals surface area contributed by atoms with Gasteiger partial charge in [0, 0.05) is 28.9 Å². The van der Waals surface area contributed by atoms with Crippen LogP contribution in [0.2, 0.25) is 0 Å². The molecule has 1 aliphatic heterocycles. The zero-order valence-electron chi connectivity index (χ0n) is 17.2. The van der Waals surface area contributed by atoms with Crippen LogP contribution in [0.1, 0.15) is 46.3 Å². The maximum Gasteiger partial charge on any atom is 0.191 e. The van der Waals surface area contributed by atoms with Crippen molar-refractivity contribution in [3.63, 3.8) is 0 Å². The van der Waals surface area contributed by atoms with E-state index in [-0.39, 0.29) is 24.0 Å². The molecule has 0 spiro atoms. The molecule has 0 amide bonds. The summed E-state index contributed by atoms with van der Waals surface area (Å²) in [4.78, 5) is 14.6. The molecule has 2 atom stereocenters. The molecular weight excluding hydrogens is 501 g/mol. The molecule has 3 heterocycles. The van der Waals surface area contributed by atoms with Crippen LogP contribution in [0.3, 0.4) is 0 Å². The van der Waals surface area contributed by atoms with E-state index in [0.717, 1.165) is 29.8 Å². The highest BCUT2D eigenvalue weighted by Crippen LogP contribution is 2.36. The molecule has 2 N–H and O–H groups in total. The summed E-state index contributed by atoms with van der Waals surface area (Å²) in [5.41, 5.74) is 1.12. The first kappa shape index (κ1) is 23.6. The molecule has 1 aliphatic rings. The fraction of sp³-hybridized carbons (Fsp3) is 0.600. The first-order chi connectivity index (χ1) is 13.1. The van der Waals surface area contributed by atoms with Gasteiger partial charge in [-0.25, -0.2) is 9.98 Å². The molecule has 28 heavy (non-hydrogen) atoms. The lowest BCUT2D eigenvalue weighted by molar-refractivity contribution is 0.125. The Morgan fingerprint density at radius 1 is 1.36 bits per heavy atom. The Morgan fingerprint density at radius 3 is 2.82 bits per heavy atom. The largest absolute Gasteiger partial charge is 0.357 e. The standard InChI is InChI=1S/C20H31N5S2.HI/c1-5-21-20(23-13-18-24-14(2)15(3)27-18)22-12-16-8-6-10-25(4)19(16)17-9-7-11-26-17;/h7,9,11,16,19H,5-6,8,10,12-13H2,1-4H3,(H2,21,22,23);1H. The molecule has 5 nitrogen and oxygen atoms in total. The smallest absolute Gasteiger partial charge is 0.191 e. The predicted molar refractivity (Wildman–Crippen MR) is 132 cm³/mol. The number of piperidine rings is 1. The number of thiophene rings is 1. The average molecular weight is 534 g/mol. The molecular formula is C20H32IN5S2. The quantitative estimate of drug-likeness (QED) is 0.325. The van der Waals surface area contributed by atoms with E-state index >= 15 is 0 Å². The molecule has 3 rings (SSSR count). The normalized spacial score (nSPS) is 20.6. The van der Waals surface area contributed by atoms with Crippen LogP contribution in [-0.4, -0.2) is 42.5 Å². The van der Waals surface area contributed by atoms with Gasteiger partial charge in [0.1, 0.15) is 5.01 Å². The molecule has 2 aromatic heterocycles. The summed E-state index contributed by atoms with van der Waals surface area (Å²) in [5, 5.41) is 10.2. The maximum absolute atomic E-state index is 4.76. The second-order valence-electron chi connectivity index (χ2n) is 7.17. The molecule has 156 valence electrons. The molecule has 2 aromatic rings. The first-order valence-corrected chi connectivity index (χ1v) is 11.5. The lowest BCUT2D eigenvalue weighted by Gasteiger charge is -2.39. The minimum absolute atomic E-state index is 0. The summed E-state index contributed by atoms with van der Waals surface area (Å²) in [7, 11) is 2.25. The van der Waals surface area contributed by atoms with Gasteiger partial charge in [0.05, 0.1) is 12.2 Å². The summed E-state index contributed by atoms with van der Waals surface area (Å²) in [6.07, 6.45) is 2.51. The van der Waals surface area contributed by atoms with Crippen molar-refractivity contribution in [1.82, 2.24) is 20.5 Å². The molecule has 0 saturated carbocycles. The number of hydrogen-bond acceptors (Lipinski definition) is 5. The number of likely N-dealkylation sites (tertiary alicyclic amines) is 1. The zero-order valence-corrected chi connectivity index (χ0v) is 21.2.